The maximum absolute atomic E-state index is 12.5. The third-order valence-electron chi connectivity index (χ3n) is 5.04. The van der Waals surface area contributed by atoms with Gasteiger partial charge in [-0.05, 0) is 37.3 Å². The summed E-state index contributed by atoms with van der Waals surface area (Å²) in [6, 6.07) is 10.7. The summed E-state index contributed by atoms with van der Waals surface area (Å²) < 4.78 is 6.55. The van der Waals surface area contributed by atoms with Gasteiger partial charge in [-0.3, -0.25) is 19.3 Å². The van der Waals surface area contributed by atoms with E-state index >= 15 is 0 Å². The minimum atomic E-state index is -0.340. The van der Waals surface area contributed by atoms with Crippen LogP contribution in [0.15, 0.2) is 40.9 Å². The van der Waals surface area contributed by atoms with Gasteiger partial charge in [0.2, 0.25) is 5.91 Å². The highest BCUT2D eigenvalue weighted by atomic mass is 79.9. The summed E-state index contributed by atoms with van der Waals surface area (Å²) in [5.41, 5.74) is 2.65. The van der Waals surface area contributed by atoms with E-state index in [1.54, 1.807) is 18.2 Å². The van der Waals surface area contributed by atoms with Crippen LogP contribution in [0, 0.1) is 6.92 Å². The van der Waals surface area contributed by atoms with Gasteiger partial charge in [0.15, 0.2) is 0 Å². The van der Waals surface area contributed by atoms with Crippen LogP contribution in [0.3, 0.4) is 0 Å². The van der Waals surface area contributed by atoms with Gasteiger partial charge in [0.25, 0.3) is 11.8 Å². The fraction of sp³-hybridized carbons (Fsp3) is 0.286. The molecule has 28 heavy (non-hydrogen) atoms. The monoisotopic (exact) mass is 442 g/mol. The number of imide groups is 1. The third-order valence-corrected chi connectivity index (χ3v) is 5.53. The van der Waals surface area contributed by atoms with Crippen LogP contribution in [0.1, 0.15) is 50.7 Å². The molecule has 0 radical (unpaired) electrons. The molecular weight excluding hydrogens is 424 g/mol. The van der Waals surface area contributed by atoms with Crippen molar-refractivity contribution < 1.29 is 19.1 Å². The van der Waals surface area contributed by atoms with Gasteiger partial charge in [-0.2, -0.15) is 0 Å². The molecule has 1 atom stereocenters. The predicted octanol–water partition coefficient (Wildman–Crippen LogP) is 3.38. The van der Waals surface area contributed by atoms with Crippen molar-refractivity contribution in [2.75, 3.05) is 13.2 Å². The Morgan fingerprint density at radius 1 is 1.18 bits per heavy atom. The van der Waals surface area contributed by atoms with Crippen molar-refractivity contribution in [2.24, 2.45) is 0 Å². The lowest BCUT2D eigenvalue weighted by atomic mass is 10.0. The van der Waals surface area contributed by atoms with E-state index < -0.39 is 0 Å². The molecule has 1 unspecified atom stereocenters. The molecular formula is C21H19BrN2O4. The Kier molecular flexibility index (Phi) is 4.93. The minimum Gasteiger partial charge on any atom is -0.493 e. The van der Waals surface area contributed by atoms with Gasteiger partial charge < -0.3 is 10.1 Å². The number of nitrogens with one attached hydrogen (secondary N) is 1. The zero-order valence-corrected chi connectivity index (χ0v) is 16.9. The number of amides is 3. The highest BCUT2D eigenvalue weighted by Gasteiger charge is 2.35. The smallest absolute Gasteiger partial charge is 0.261 e. The normalized spacial score (nSPS) is 17.8. The van der Waals surface area contributed by atoms with Crippen LogP contribution in [0.25, 0.3) is 0 Å². The largest absolute Gasteiger partial charge is 0.493 e. The van der Waals surface area contributed by atoms with E-state index in [1.807, 2.05) is 25.1 Å². The Morgan fingerprint density at radius 3 is 2.79 bits per heavy atom. The van der Waals surface area contributed by atoms with Crippen LogP contribution < -0.4 is 10.1 Å². The number of rotatable bonds is 4. The second-order valence-corrected chi connectivity index (χ2v) is 7.92. The van der Waals surface area contributed by atoms with Crippen LogP contribution in [0.4, 0.5) is 0 Å². The molecule has 2 aliphatic heterocycles. The van der Waals surface area contributed by atoms with Gasteiger partial charge in [0.1, 0.15) is 5.75 Å². The SMILES string of the molecule is Cc1ccc2c(c1)C(=O)N(CCC(=O)NC1CCOc3ccc(Br)cc31)C2=O. The van der Waals surface area contributed by atoms with Crippen LogP contribution in [-0.2, 0) is 4.79 Å². The number of carbonyl (C=O) groups is 3. The highest BCUT2D eigenvalue weighted by Crippen LogP contribution is 2.34. The number of halogens is 1. The Balaban J connectivity index is 1.41. The number of aryl methyl sites for hydroxylation is 1. The van der Waals surface area contributed by atoms with Crippen molar-refractivity contribution >= 4 is 33.7 Å². The zero-order valence-electron chi connectivity index (χ0n) is 15.3. The van der Waals surface area contributed by atoms with Gasteiger partial charge >= 0.3 is 0 Å². The standard InChI is InChI=1S/C21H19BrN2O4/c1-12-2-4-14-15(10-12)21(27)24(20(14)26)8-6-19(25)23-17-7-9-28-18-5-3-13(22)11-16(17)18/h2-5,10-11,17H,6-9H2,1H3,(H,23,25). The van der Waals surface area contributed by atoms with Crippen LogP contribution >= 0.6 is 15.9 Å². The molecule has 2 aromatic carbocycles. The summed E-state index contributed by atoms with van der Waals surface area (Å²) in [6.07, 6.45) is 0.729. The van der Waals surface area contributed by atoms with Crippen molar-refractivity contribution in [3.63, 3.8) is 0 Å². The van der Waals surface area contributed by atoms with E-state index in [-0.39, 0.29) is 36.7 Å². The summed E-state index contributed by atoms with van der Waals surface area (Å²) in [5.74, 6) is -0.119. The Hall–Kier alpha value is -2.67. The van der Waals surface area contributed by atoms with Gasteiger partial charge in [0, 0.05) is 29.4 Å². The molecule has 0 aliphatic carbocycles. The molecule has 2 heterocycles. The molecule has 0 fully saturated rings. The van der Waals surface area contributed by atoms with Crippen LogP contribution in [0.5, 0.6) is 5.75 Å². The molecule has 4 rings (SSSR count). The van der Waals surface area contributed by atoms with Crippen molar-refractivity contribution in [1.82, 2.24) is 10.2 Å². The molecule has 2 aromatic rings. The Bertz CT molecular complexity index is 988. The van der Waals surface area contributed by atoms with Crippen molar-refractivity contribution in [3.8, 4) is 5.75 Å². The summed E-state index contributed by atoms with van der Waals surface area (Å²) in [4.78, 5) is 38.6. The molecule has 3 amide bonds. The number of nitrogens with zero attached hydrogens (tertiary/aromatic N) is 1. The molecule has 0 aromatic heterocycles. The molecule has 0 saturated carbocycles. The zero-order chi connectivity index (χ0) is 19.8. The Labute approximate surface area is 171 Å². The van der Waals surface area contributed by atoms with E-state index in [9.17, 15) is 14.4 Å². The number of hydrogen-bond donors (Lipinski definition) is 1. The minimum absolute atomic E-state index is 0.0607. The fourth-order valence-electron chi connectivity index (χ4n) is 3.60. The van der Waals surface area contributed by atoms with Crippen molar-refractivity contribution in [1.29, 1.82) is 0 Å². The van der Waals surface area contributed by atoms with Crippen molar-refractivity contribution in [3.05, 3.63) is 63.1 Å². The van der Waals surface area contributed by atoms with E-state index in [0.29, 0.717) is 24.2 Å². The average molecular weight is 443 g/mol. The second-order valence-electron chi connectivity index (χ2n) is 7.00. The predicted molar refractivity (Wildman–Crippen MR) is 106 cm³/mol. The molecule has 2 aliphatic rings. The van der Waals surface area contributed by atoms with Crippen LogP contribution in [0.2, 0.25) is 0 Å². The highest BCUT2D eigenvalue weighted by molar-refractivity contribution is 9.10. The number of benzene rings is 2. The number of carbonyl (C=O) groups excluding carboxylic acids is 3. The molecule has 0 bridgehead atoms. The summed E-state index contributed by atoms with van der Waals surface area (Å²) in [5, 5.41) is 3.00. The number of fused-ring (bicyclic) bond motifs is 2. The van der Waals surface area contributed by atoms with Gasteiger partial charge in [0.05, 0.1) is 23.8 Å². The first kappa shape index (κ1) is 18.7. The maximum Gasteiger partial charge on any atom is 0.261 e. The molecule has 1 N–H and O–H groups in total. The van der Waals surface area contributed by atoms with Crippen molar-refractivity contribution in [2.45, 2.75) is 25.8 Å². The lowest BCUT2D eigenvalue weighted by Gasteiger charge is -2.27. The van der Waals surface area contributed by atoms with Crippen LogP contribution in [-0.4, -0.2) is 35.8 Å². The second kappa shape index (κ2) is 7.39. The number of ether oxygens (including phenoxy) is 1. The quantitative estimate of drug-likeness (QED) is 0.736. The van der Waals surface area contributed by atoms with Gasteiger partial charge in [-0.1, -0.05) is 27.6 Å². The van der Waals surface area contributed by atoms with Gasteiger partial charge in [-0.25, -0.2) is 0 Å². The third kappa shape index (κ3) is 3.42. The summed E-state index contributed by atoms with van der Waals surface area (Å²) >= 11 is 3.44. The first-order valence-corrected chi connectivity index (χ1v) is 9.92. The fourth-order valence-corrected chi connectivity index (χ4v) is 3.98. The first-order valence-electron chi connectivity index (χ1n) is 9.12. The first-order chi connectivity index (χ1) is 13.4. The maximum atomic E-state index is 12.5. The lowest BCUT2D eigenvalue weighted by Crippen LogP contribution is -2.37. The van der Waals surface area contributed by atoms with E-state index in [4.69, 9.17) is 4.74 Å². The average Bonchev–Trinajstić information content (AvgIpc) is 2.90. The molecule has 6 nitrogen and oxygen atoms in total. The summed E-state index contributed by atoms with van der Waals surface area (Å²) in [7, 11) is 0. The molecule has 7 heteroatoms. The Morgan fingerprint density at radius 2 is 1.96 bits per heavy atom. The molecule has 0 saturated heterocycles. The number of hydrogen-bond acceptors (Lipinski definition) is 4. The van der Waals surface area contributed by atoms with Gasteiger partial charge in [-0.15, -0.1) is 0 Å². The topological polar surface area (TPSA) is 75.7 Å². The molecule has 0 spiro atoms. The lowest BCUT2D eigenvalue weighted by molar-refractivity contribution is -0.122. The summed E-state index contributed by atoms with van der Waals surface area (Å²) in [6.45, 7) is 2.46. The van der Waals surface area contributed by atoms with E-state index in [0.717, 1.165) is 26.2 Å². The van der Waals surface area contributed by atoms with E-state index in [1.165, 1.54) is 0 Å². The molecule has 144 valence electrons. The van der Waals surface area contributed by atoms with E-state index in [2.05, 4.69) is 21.2 Å².